The number of nitrogens with one attached hydrogen (secondary N) is 1. The van der Waals surface area contributed by atoms with Gasteiger partial charge in [-0.3, -0.25) is 14.9 Å². The van der Waals surface area contributed by atoms with E-state index in [4.69, 9.17) is 10.5 Å². The maximum absolute atomic E-state index is 12.2. The number of hydrogen-bond donors (Lipinski definition) is 2. The van der Waals surface area contributed by atoms with Gasteiger partial charge in [0.05, 0.1) is 23.6 Å². The zero-order chi connectivity index (χ0) is 15.5. The van der Waals surface area contributed by atoms with Gasteiger partial charge in [-0.2, -0.15) is 0 Å². The molecule has 1 aromatic rings. The van der Waals surface area contributed by atoms with Gasteiger partial charge in [0, 0.05) is 24.7 Å². The summed E-state index contributed by atoms with van der Waals surface area (Å²) in [5, 5.41) is 13.4. The van der Waals surface area contributed by atoms with E-state index in [0.29, 0.717) is 26.2 Å². The molecule has 1 aromatic carbocycles. The molecule has 1 amide bonds. The van der Waals surface area contributed by atoms with Crippen LogP contribution >= 0.6 is 0 Å². The number of non-ortho nitro benzene ring substituents is 1. The SMILES string of the molecule is CC1(C(=O)NCCc2ccc([N+](=O)[O-])cc2)COCC1N. The molecule has 0 aliphatic carbocycles. The van der Waals surface area contributed by atoms with Crippen LogP contribution in [0.4, 0.5) is 5.69 Å². The van der Waals surface area contributed by atoms with Crippen molar-refractivity contribution >= 4 is 11.6 Å². The lowest BCUT2D eigenvalue weighted by atomic mass is 9.85. The van der Waals surface area contributed by atoms with E-state index in [9.17, 15) is 14.9 Å². The molecule has 21 heavy (non-hydrogen) atoms. The topological polar surface area (TPSA) is 107 Å². The normalized spacial score (nSPS) is 24.8. The van der Waals surface area contributed by atoms with Crippen molar-refractivity contribution in [2.45, 2.75) is 19.4 Å². The van der Waals surface area contributed by atoms with E-state index in [1.165, 1.54) is 12.1 Å². The molecular formula is C14H19N3O4. The van der Waals surface area contributed by atoms with Crippen LogP contribution in [-0.4, -0.2) is 36.6 Å². The Kier molecular flexibility index (Phi) is 4.54. The highest BCUT2D eigenvalue weighted by molar-refractivity contribution is 5.83. The minimum Gasteiger partial charge on any atom is -0.379 e. The second-order valence-electron chi connectivity index (χ2n) is 5.47. The van der Waals surface area contributed by atoms with Gasteiger partial charge >= 0.3 is 0 Å². The van der Waals surface area contributed by atoms with Gasteiger partial charge in [-0.1, -0.05) is 12.1 Å². The molecule has 0 saturated carbocycles. The molecule has 2 unspecified atom stereocenters. The van der Waals surface area contributed by atoms with Crippen LogP contribution in [0.2, 0.25) is 0 Å². The van der Waals surface area contributed by atoms with Gasteiger partial charge in [0.25, 0.3) is 5.69 Å². The third kappa shape index (κ3) is 3.37. The smallest absolute Gasteiger partial charge is 0.269 e. The highest BCUT2D eigenvalue weighted by atomic mass is 16.6. The molecule has 0 aromatic heterocycles. The summed E-state index contributed by atoms with van der Waals surface area (Å²) in [7, 11) is 0. The number of ether oxygens (including phenoxy) is 1. The maximum Gasteiger partial charge on any atom is 0.269 e. The van der Waals surface area contributed by atoms with Crippen LogP contribution in [0.3, 0.4) is 0 Å². The third-order valence-corrected chi connectivity index (χ3v) is 3.88. The largest absolute Gasteiger partial charge is 0.379 e. The Morgan fingerprint density at radius 2 is 2.19 bits per heavy atom. The number of nitrogens with two attached hydrogens (primary N) is 1. The van der Waals surface area contributed by atoms with Crippen LogP contribution in [0.25, 0.3) is 0 Å². The molecule has 2 rings (SSSR count). The number of nitro groups is 1. The molecule has 3 N–H and O–H groups in total. The van der Waals surface area contributed by atoms with Crippen molar-refractivity contribution in [1.82, 2.24) is 5.32 Å². The van der Waals surface area contributed by atoms with Gasteiger partial charge in [0.15, 0.2) is 0 Å². The first-order valence-corrected chi connectivity index (χ1v) is 6.78. The summed E-state index contributed by atoms with van der Waals surface area (Å²) >= 11 is 0. The van der Waals surface area contributed by atoms with Crippen molar-refractivity contribution in [1.29, 1.82) is 0 Å². The van der Waals surface area contributed by atoms with Gasteiger partial charge < -0.3 is 15.8 Å². The summed E-state index contributed by atoms with van der Waals surface area (Å²) in [6.07, 6.45) is 0.607. The summed E-state index contributed by atoms with van der Waals surface area (Å²) in [6.45, 7) is 2.98. The molecule has 1 saturated heterocycles. The first kappa shape index (κ1) is 15.4. The Labute approximate surface area is 122 Å². The van der Waals surface area contributed by atoms with Gasteiger partial charge in [0.2, 0.25) is 5.91 Å². The third-order valence-electron chi connectivity index (χ3n) is 3.88. The number of hydrogen-bond acceptors (Lipinski definition) is 5. The number of carbonyl (C=O) groups is 1. The molecule has 0 spiro atoms. The van der Waals surface area contributed by atoms with E-state index < -0.39 is 10.3 Å². The number of benzene rings is 1. The monoisotopic (exact) mass is 293 g/mol. The quantitative estimate of drug-likeness (QED) is 0.611. The summed E-state index contributed by atoms with van der Waals surface area (Å²) < 4.78 is 5.24. The fourth-order valence-electron chi connectivity index (χ4n) is 2.23. The van der Waals surface area contributed by atoms with Gasteiger partial charge in [-0.05, 0) is 18.9 Å². The minimum atomic E-state index is -0.685. The maximum atomic E-state index is 12.2. The highest BCUT2D eigenvalue weighted by Gasteiger charge is 2.44. The fourth-order valence-corrected chi connectivity index (χ4v) is 2.23. The molecule has 7 nitrogen and oxygen atoms in total. The number of carbonyl (C=O) groups excluding carboxylic acids is 1. The number of rotatable bonds is 5. The predicted octanol–water partition coefficient (Wildman–Crippen LogP) is 0.617. The molecule has 114 valence electrons. The molecule has 1 aliphatic rings. The molecular weight excluding hydrogens is 274 g/mol. The van der Waals surface area contributed by atoms with Crippen molar-refractivity contribution < 1.29 is 14.5 Å². The summed E-state index contributed by atoms with van der Waals surface area (Å²) in [4.78, 5) is 22.3. The van der Waals surface area contributed by atoms with Crippen LogP contribution in [-0.2, 0) is 16.0 Å². The summed E-state index contributed by atoms with van der Waals surface area (Å²) in [6, 6.07) is 6.00. The lowest BCUT2D eigenvalue weighted by Crippen LogP contribution is -2.50. The molecule has 0 bridgehead atoms. The molecule has 1 aliphatic heterocycles. The minimum absolute atomic E-state index is 0.0596. The van der Waals surface area contributed by atoms with E-state index in [0.717, 1.165) is 5.56 Å². The standard InChI is InChI=1S/C14H19N3O4/c1-14(9-21-8-12(14)15)13(18)16-7-6-10-2-4-11(5-3-10)17(19)20/h2-5,12H,6-9,15H2,1H3,(H,16,18). The van der Waals surface area contributed by atoms with E-state index in [1.807, 2.05) is 0 Å². The average molecular weight is 293 g/mol. The average Bonchev–Trinajstić information content (AvgIpc) is 2.80. The van der Waals surface area contributed by atoms with E-state index in [1.54, 1.807) is 19.1 Å². The van der Waals surface area contributed by atoms with Crippen LogP contribution in [0.1, 0.15) is 12.5 Å². The van der Waals surface area contributed by atoms with Gasteiger partial charge in [0.1, 0.15) is 0 Å². The zero-order valence-electron chi connectivity index (χ0n) is 11.9. The van der Waals surface area contributed by atoms with Crippen LogP contribution < -0.4 is 11.1 Å². The predicted molar refractivity (Wildman–Crippen MR) is 76.7 cm³/mol. The van der Waals surface area contributed by atoms with Crippen molar-refractivity contribution in [3.05, 3.63) is 39.9 Å². The van der Waals surface area contributed by atoms with Crippen LogP contribution in [0, 0.1) is 15.5 Å². The van der Waals surface area contributed by atoms with Crippen molar-refractivity contribution in [2.24, 2.45) is 11.1 Å². The Morgan fingerprint density at radius 1 is 1.52 bits per heavy atom. The first-order valence-electron chi connectivity index (χ1n) is 6.78. The fraction of sp³-hybridized carbons (Fsp3) is 0.500. The van der Waals surface area contributed by atoms with E-state index in [-0.39, 0.29) is 17.6 Å². The molecule has 7 heteroatoms. The second kappa shape index (κ2) is 6.19. The van der Waals surface area contributed by atoms with Crippen molar-refractivity contribution in [2.75, 3.05) is 19.8 Å². The Bertz CT molecular complexity index is 532. The van der Waals surface area contributed by atoms with Crippen LogP contribution in [0.15, 0.2) is 24.3 Å². The molecule has 1 heterocycles. The van der Waals surface area contributed by atoms with Crippen LogP contribution in [0.5, 0.6) is 0 Å². The number of amides is 1. The van der Waals surface area contributed by atoms with E-state index >= 15 is 0 Å². The van der Waals surface area contributed by atoms with Gasteiger partial charge in [-0.25, -0.2) is 0 Å². The molecule has 2 atom stereocenters. The number of nitro benzene ring substituents is 1. The number of nitrogens with zero attached hydrogens (tertiary/aromatic N) is 1. The highest BCUT2D eigenvalue weighted by Crippen LogP contribution is 2.27. The first-order chi connectivity index (χ1) is 9.93. The Morgan fingerprint density at radius 3 is 2.71 bits per heavy atom. The van der Waals surface area contributed by atoms with E-state index in [2.05, 4.69) is 5.32 Å². The lowest BCUT2D eigenvalue weighted by molar-refractivity contribution is -0.384. The molecule has 0 radical (unpaired) electrons. The zero-order valence-corrected chi connectivity index (χ0v) is 11.9. The Balaban J connectivity index is 1.84. The summed E-state index contributed by atoms with van der Waals surface area (Å²) in [5.41, 5.74) is 6.20. The lowest BCUT2D eigenvalue weighted by Gasteiger charge is -2.25. The van der Waals surface area contributed by atoms with Crippen molar-refractivity contribution in [3.8, 4) is 0 Å². The Hall–Kier alpha value is -1.99. The van der Waals surface area contributed by atoms with Gasteiger partial charge in [-0.15, -0.1) is 0 Å². The summed E-state index contributed by atoms with van der Waals surface area (Å²) in [5.74, 6) is -0.116. The molecule has 1 fully saturated rings. The van der Waals surface area contributed by atoms with Crippen molar-refractivity contribution in [3.63, 3.8) is 0 Å². The second-order valence-corrected chi connectivity index (χ2v) is 5.47.